The number of Topliss-reactive ketones (excluding diaryl/α,β-unsaturated/α-hetero) is 1. The number of anilines is 1. The molecule has 0 unspecified atom stereocenters. The highest BCUT2D eigenvalue weighted by Crippen LogP contribution is 2.32. The van der Waals surface area contributed by atoms with E-state index in [1.807, 2.05) is 60.7 Å². The van der Waals surface area contributed by atoms with Crippen LogP contribution in [-0.2, 0) is 16.1 Å². The van der Waals surface area contributed by atoms with Crippen molar-refractivity contribution < 1.29 is 14.4 Å². The Kier molecular flexibility index (Phi) is 5.72. The smallest absolute Gasteiger partial charge is 0.231 e. The maximum absolute atomic E-state index is 12.8. The van der Waals surface area contributed by atoms with Crippen LogP contribution in [0.2, 0.25) is 0 Å². The third kappa shape index (κ3) is 4.31. The fourth-order valence-corrected chi connectivity index (χ4v) is 4.40. The molecule has 1 aromatic heterocycles. The molecule has 1 fully saturated rings. The van der Waals surface area contributed by atoms with Crippen LogP contribution in [0.5, 0.6) is 0 Å². The summed E-state index contributed by atoms with van der Waals surface area (Å²) in [7, 11) is 0. The Hall–Kier alpha value is -3.32. The van der Waals surface area contributed by atoms with Crippen molar-refractivity contribution in [3.8, 4) is 11.3 Å². The summed E-state index contributed by atoms with van der Waals surface area (Å²) in [5.41, 5.74) is 2.42. The summed E-state index contributed by atoms with van der Waals surface area (Å²) in [6.45, 7) is 2.35. The topological polar surface area (TPSA) is 79.4 Å². The Morgan fingerprint density at radius 2 is 1.77 bits per heavy atom. The fraction of sp³-hybridized carbons (Fsp3) is 0.217. The van der Waals surface area contributed by atoms with Crippen molar-refractivity contribution >= 4 is 34.1 Å². The predicted octanol–water partition coefficient (Wildman–Crippen LogP) is 4.00. The van der Waals surface area contributed by atoms with Crippen LogP contribution in [0.1, 0.15) is 28.6 Å². The molecule has 1 aliphatic rings. The molecule has 1 atom stereocenters. The van der Waals surface area contributed by atoms with Gasteiger partial charge in [-0.2, -0.15) is 0 Å². The van der Waals surface area contributed by atoms with Crippen LogP contribution in [0.3, 0.4) is 0 Å². The summed E-state index contributed by atoms with van der Waals surface area (Å²) in [5, 5.41) is 3.18. The molecule has 2 aromatic carbocycles. The standard InChI is InChI=1S/C23H21N3O3S/c1-15(27)21-20(17-10-6-3-7-11-17)24-23(30-21)25-22(29)18-12-19(28)26(14-18)13-16-8-4-2-5-9-16/h2-11,18H,12-14H2,1H3,(H,24,25,29)/t18-/m1/s1. The van der Waals surface area contributed by atoms with Gasteiger partial charge in [-0.15, -0.1) is 0 Å². The van der Waals surface area contributed by atoms with E-state index in [1.165, 1.54) is 6.92 Å². The Balaban J connectivity index is 1.46. The first-order chi connectivity index (χ1) is 14.5. The highest BCUT2D eigenvalue weighted by Gasteiger charge is 2.34. The minimum atomic E-state index is -0.439. The normalized spacial score (nSPS) is 16.0. The number of ketones is 1. The van der Waals surface area contributed by atoms with Crippen molar-refractivity contribution in [1.82, 2.24) is 9.88 Å². The monoisotopic (exact) mass is 419 g/mol. The maximum Gasteiger partial charge on any atom is 0.231 e. The lowest BCUT2D eigenvalue weighted by atomic mass is 10.1. The van der Waals surface area contributed by atoms with Crippen molar-refractivity contribution in [1.29, 1.82) is 0 Å². The van der Waals surface area contributed by atoms with Gasteiger partial charge >= 0.3 is 0 Å². The van der Waals surface area contributed by atoms with Gasteiger partial charge in [0.15, 0.2) is 10.9 Å². The second-order valence-electron chi connectivity index (χ2n) is 7.27. The molecule has 30 heavy (non-hydrogen) atoms. The quantitative estimate of drug-likeness (QED) is 0.613. The lowest BCUT2D eigenvalue weighted by molar-refractivity contribution is -0.128. The fourth-order valence-electron chi connectivity index (χ4n) is 3.52. The van der Waals surface area contributed by atoms with E-state index in [0.29, 0.717) is 28.8 Å². The van der Waals surface area contributed by atoms with E-state index in [2.05, 4.69) is 10.3 Å². The van der Waals surface area contributed by atoms with Gasteiger partial charge in [0, 0.05) is 32.0 Å². The Labute approximate surface area is 178 Å². The molecular weight excluding hydrogens is 398 g/mol. The predicted molar refractivity (Wildman–Crippen MR) is 116 cm³/mol. The lowest BCUT2D eigenvalue weighted by Crippen LogP contribution is -2.28. The Morgan fingerprint density at radius 1 is 1.10 bits per heavy atom. The summed E-state index contributed by atoms with van der Waals surface area (Å²) >= 11 is 1.16. The summed E-state index contributed by atoms with van der Waals surface area (Å²) < 4.78 is 0. The molecule has 6 nitrogen and oxygen atoms in total. The van der Waals surface area contributed by atoms with Crippen molar-refractivity contribution in [2.24, 2.45) is 5.92 Å². The zero-order valence-electron chi connectivity index (χ0n) is 16.5. The van der Waals surface area contributed by atoms with Gasteiger partial charge in [-0.1, -0.05) is 72.0 Å². The number of hydrogen-bond acceptors (Lipinski definition) is 5. The zero-order chi connectivity index (χ0) is 21.1. The minimum absolute atomic E-state index is 0.0347. The van der Waals surface area contributed by atoms with Crippen LogP contribution in [0.25, 0.3) is 11.3 Å². The number of rotatable bonds is 6. The van der Waals surface area contributed by atoms with E-state index in [1.54, 1.807) is 4.90 Å². The molecule has 1 N–H and O–H groups in total. The summed E-state index contributed by atoms with van der Waals surface area (Å²) in [4.78, 5) is 43.9. The molecule has 2 amide bonds. The number of thiazole rings is 1. The SMILES string of the molecule is CC(=O)c1sc(NC(=O)[C@@H]2CC(=O)N(Cc3ccccc3)C2)nc1-c1ccccc1. The van der Waals surface area contributed by atoms with Gasteiger partial charge in [0.05, 0.1) is 16.5 Å². The molecule has 4 rings (SSSR count). The number of aromatic nitrogens is 1. The average Bonchev–Trinajstić information content (AvgIpc) is 3.33. The van der Waals surface area contributed by atoms with Crippen LogP contribution in [0.4, 0.5) is 5.13 Å². The van der Waals surface area contributed by atoms with Crippen LogP contribution in [0.15, 0.2) is 60.7 Å². The first-order valence-corrected chi connectivity index (χ1v) is 10.5. The summed E-state index contributed by atoms with van der Waals surface area (Å²) in [6, 6.07) is 19.1. The molecule has 0 bridgehead atoms. The van der Waals surface area contributed by atoms with Gasteiger partial charge in [-0.05, 0) is 5.56 Å². The molecule has 2 heterocycles. The minimum Gasteiger partial charge on any atom is -0.338 e. The number of likely N-dealkylation sites (tertiary alicyclic amines) is 1. The van der Waals surface area contributed by atoms with Gasteiger partial charge in [-0.25, -0.2) is 4.98 Å². The lowest BCUT2D eigenvalue weighted by Gasteiger charge is -2.16. The number of carbonyl (C=O) groups excluding carboxylic acids is 3. The molecule has 152 valence electrons. The number of nitrogens with zero attached hydrogens (tertiary/aromatic N) is 2. The largest absolute Gasteiger partial charge is 0.338 e. The highest BCUT2D eigenvalue weighted by molar-refractivity contribution is 7.18. The molecule has 1 aliphatic heterocycles. The van der Waals surface area contributed by atoms with Crippen molar-refractivity contribution in [3.63, 3.8) is 0 Å². The van der Waals surface area contributed by atoms with E-state index in [-0.39, 0.29) is 24.0 Å². The Bertz CT molecular complexity index is 1080. The number of benzene rings is 2. The summed E-state index contributed by atoms with van der Waals surface area (Å²) in [5.74, 6) is -0.821. The average molecular weight is 420 g/mol. The first kappa shape index (κ1) is 20.0. The molecule has 7 heteroatoms. The zero-order valence-corrected chi connectivity index (χ0v) is 17.3. The van der Waals surface area contributed by atoms with Crippen LogP contribution in [0, 0.1) is 5.92 Å². The highest BCUT2D eigenvalue weighted by atomic mass is 32.1. The van der Waals surface area contributed by atoms with Gasteiger partial charge in [0.25, 0.3) is 0 Å². The molecule has 0 radical (unpaired) electrons. The molecule has 0 aliphatic carbocycles. The maximum atomic E-state index is 12.8. The van der Waals surface area contributed by atoms with Crippen LogP contribution >= 0.6 is 11.3 Å². The third-order valence-corrected chi connectivity index (χ3v) is 6.10. The molecule has 0 spiro atoms. The number of nitrogens with one attached hydrogen (secondary N) is 1. The molecule has 1 saturated heterocycles. The number of carbonyl (C=O) groups is 3. The van der Waals surface area contributed by atoms with Crippen LogP contribution < -0.4 is 5.32 Å². The van der Waals surface area contributed by atoms with Gasteiger partial charge in [0.2, 0.25) is 11.8 Å². The molecule has 0 saturated carbocycles. The summed E-state index contributed by atoms with van der Waals surface area (Å²) in [6.07, 6.45) is 0.176. The van der Waals surface area contributed by atoms with Gasteiger partial charge in [0.1, 0.15) is 0 Å². The first-order valence-electron chi connectivity index (χ1n) is 9.71. The van der Waals surface area contributed by atoms with Crippen molar-refractivity contribution in [3.05, 3.63) is 71.1 Å². The van der Waals surface area contributed by atoms with E-state index >= 15 is 0 Å². The van der Waals surface area contributed by atoms with E-state index in [9.17, 15) is 14.4 Å². The van der Waals surface area contributed by atoms with Crippen LogP contribution in [-0.4, -0.2) is 34.0 Å². The second kappa shape index (κ2) is 8.59. The third-order valence-electron chi connectivity index (χ3n) is 5.03. The van der Waals surface area contributed by atoms with Crippen molar-refractivity contribution in [2.45, 2.75) is 19.9 Å². The number of amides is 2. The van der Waals surface area contributed by atoms with E-state index in [4.69, 9.17) is 0 Å². The second-order valence-corrected chi connectivity index (χ2v) is 8.27. The number of hydrogen-bond donors (Lipinski definition) is 1. The molecule has 3 aromatic rings. The van der Waals surface area contributed by atoms with Gasteiger partial charge in [-0.3, -0.25) is 14.4 Å². The van der Waals surface area contributed by atoms with Gasteiger partial charge < -0.3 is 10.2 Å². The van der Waals surface area contributed by atoms with Crippen molar-refractivity contribution in [2.75, 3.05) is 11.9 Å². The van der Waals surface area contributed by atoms with E-state index < -0.39 is 5.92 Å². The molecular formula is C23H21N3O3S. The Morgan fingerprint density at radius 3 is 2.43 bits per heavy atom. The van der Waals surface area contributed by atoms with E-state index in [0.717, 1.165) is 22.5 Å².